The summed E-state index contributed by atoms with van der Waals surface area (Å²) in [5, 5.41) is 0. The first-order valence-electron chi connectivity index (χ1n) is 4.90. The minimum atomic E-state index is -0.532. The molecule has 0 bridgehead atoms. The molecule has 0 saturated carbocycles. The van der Waals surface area contributed by atoms with E-state index in [1.165, 1.54) is 0 Å². The lowest BCUT2D eigenvalue weighted by atomic mass is 9.93. The van der Waals surface area contributed by atoms with Gasteiger partial charge in [-0.15, -0.1) is 0 Å². The Labute approximate surface area is 89.1 Å². The van der Waals surface area contributed by atoms with E-state index in [2.05, 4.69) is 0 Å². The second kappa shape index (κ2) is 5.49. The standard InChI is InChI=1S/C12H15FO2/c1-9(6-7-14)12-10(8-13)4-3-5-11(12)15-2/h3-5,7,9H,6,8H2,1-2H3. The lowest BCUT2D eigenvalue weighted by Gasteiger charge is -2.16. The first-order chi connectivity index (χ1) is 7.24. The first kappa shape index (κ1) is 11.7. The van der Waals surface area contributed by atoms with Crippen LogP contribution in [0.25, 0.3) is 0 Å². The Balaban J connectivity index is 3.14. The van der Waals surface area contributed by atoms with Crippen LogP contribution in [-0.2, 0) is 11.5 Å². The van der Waals surface area contributed by atoms with Crippen molar-refractivity contribution in [2.45, 2.75) is 25.9 Å². The van der Waals surface area contributed by atoms with Gasteiger partial charge in [0.1, 0.15) is 18.7 Å². The van der Waals surface area contributed by atoms with E-state index < -0.39 is 6.67 Å². The van der Waals surface area contributed by atoms with Crippen molar-refractivity contribution in [2.24, 2.45) is 0 Å². The second-order valence-electron chi connectivity index (χ2n) is 3.47. The fourth-order valence-corrected chi connectivity index (χ4v) is 1.71. The zero-order valence-electron chi connectivity index (χ0n) is 9.00. The second-order valence-corrected chi connectivity index (χ2v) is 3.47. The molecule has 3 heteroatoms. The molecule has 82 valence electrons. The number of carbonyl (C=O) groups excluding carboxylic acids is 1. The number of carbonyl (C=O) groups is 1. The maximum absolute atomic E-state index is 12.8. The summed E-state index contributed by atoms with van der Waals surface area (Å²) in [6, 6.07) is 5.26. The van der Waals surface area contributed by atoms with Crippen LogP contribution in [0.15, 0.2) is 18.2 Å². The van der Waals surface area contributed by atoms with E-state index in [4.69, 9.17) is 4.74 Å². The highest BCUT2D eigenvalue weighted by Gasteiger charge is 2.15. The van der Waals surface area contributed by atoms with Crippen LogP contribution in [0.1, 0.15) is 30.4 Å². The van der Waals surface area contributed by atoms with E-state index in [9.17, 15) is 9.18 Å². The maximum Gasteiger partial charge on any atom is 0.122 e. The summed E-state index contributed by atoms with van der Waals surface area (Å²) in [4.78, 5) is 10.5. The fraction of sp³-hybridized carbons (Fsp3) is 0.417. The number of hydrogen-bond donors (Lipinski definition) is 0. The minimum absolute atomic E-state index is 0.00981. The van der Waals surface area contributed by atoms with Crippen LogP contribution in [0.5, 0.6) is 5.75 Å². The highest BCUT2D eigenvalue weighted by molar-refractivity contribution is 5.54. The summed E-state index contributed by atoms with van der Waals surface area (Å²) < 4.78 is 17.9. The topological polar surface area (TPSA) is 26.3 Å². The highest BCUT2D eigenvalue weighted by Crippen LogP contribution is 2.31. The minimum Gasteiger partial charge on any atom is -0.496 e. The molecule has 2 nitrogen and oxygen atoms in total. The van der Waals surface area contributed by atoms with Crippen LogP contribution < -0.4 is 4.74 Å². The number of halogens is 1. The van der Waals surface area contributed by atoms with Crippen molar-refractivity contribution < 1.29 is 13.9 Å². The Morgan fingerprint density at radius 2 is 2.27 bits per heavy atom. The van der Waals surface area contributed by atoms with Gasteiger partial charge in [0.15, 0.2) is 0 Å². The number of methoxy groups -OCH3 is 1. The molecule has 1 unspecified atom stereocenters. The van der Waals surface area contributed by atoms with E-state index >= 15 is 0 Å². The smallest absolute Gasteiger partial charge is 0.122 e. The Hall–Kier alpha value is -1.38. The van der Waals surface area contributed by atoms with E-state index in [-0.39, 0.29) is 5.92 Å². The van der Waals surface area contributed by atoms with Crippen molar-refractivity contribution in [1.29, 1.82) is 0 Å². The zero-order chi connectivity index (χ0) is 11.3. The first-order valence-corrected chi connectivity index (χ1v) is 4.90. The van der Waals surface area contributed by atoms with Crippen molar-refractivity contribution in [3.8, 4) is 5.75 Å². The molecule has 15 heavy (non-hydrogen) atoms. The van der Waals surface area contributed by atoms with Gasteiger partial charge in [0.05, 0.1) is 7.11 Å². The molecule has 0 amide bonds. The third-order valence-electron chi connectivity index (χ3n) is 2.46. The predicted molar refractivity (Wildman–Crippen MR) is 56.9 cm³/mol. The quantitative estimate of drug-likeness (QED) is 0.698. The van der Waals surface area contributed by atoms with Crippen molar-refractivity contribution >= 4 is 6.29 Å². The molecule has 0 aromatic heterocycles. The molecule has 1 atom stereocenters. The van der Waals surface area contributed by atoms with Gasteiger partial charge in [0.2, 0.25) is 0 Å². The number of ether oxygens (including phenoxy) is 1. The molecule has 1 aromatic carbocycles. The lowest BCUT2D eigenvalue weighted by molar-refractivity contribution is -0.108. The molecule has 0 aliphatic carbocycles. The van der Waals surface area contributed by atoms with Crippen LogP contribution in [0.2, 0.25) is 0 Å². The SMILES string of the molecule is COc1cccc(CF)c1C(C)CC=O. The van der Waals surface area contributed by atoms with E-state index in [1.807, 2.05) is 6.92 Å². The lowest BCUT2D eigenvalue weighted by Crippen LogP contribution is -2.02. The molecule has 1 rings (SSSR count). The molecule has 0 N–H and O–H groups in total. The van der Waals surface area contributed by atoms with Crippen molar-refractivity contribution in [1.82, 2.24) is 0 Å². The fourth-order valence-electron chi connectivity index (χ4n) is 1.71. The van der Waals surface area contributed by atoms with Crippen molar-refractivity contribution in [2.75, 3.05) is 7.11 Å². The summed E-state index contributed by atoms with van der Waals surface area (Å²) in [5.74, 6) is 0.643. The Morgan fingerprint density at radius 1 is 1.53 bits per heavy atom. The Morgan fingerprint density at radius 3 is 2.80 bits per heavy atom. The third kappa shape index (κ3) is 2.55. The molecular weight excluding hydrogens is 195 g/mol. The Kier molecular flexibility index (Phi) is 4.28. The number of hydrogen-bond acceptors (Lipinski definition) is 2. The molecule has 0 aliphatic rings. The van der Waals surface area contributed by atoms with E-state index in [1.54, 1.807) is 25.3 Å². The monoisotopic (exact) mass is 210 g/mol. The number of alkyl halides is 1. The molecule has 0 radical (unpaired) electrons. The third-order valence-corrected chi connectivity index (χ3v) is 2.46. The maximum atomic E-state index is 12.8. The average molecular weight is 210 g/mol. The van der Waals surface area contributed by atoms with Crippen LogP contribution in [0.4, 0.5) is 4.39 Å². The van der Waals surface area contributed by atoms with E-state index in [0.717, 1.165) is 11.8 Å². The van der Waals surface area contributed by atoms with Gasteiger partial charge in [-0.05, 0) is 17.5 Å². The van der Waals surface area contributed by atoms with Crippen LogP contribution in [0, 0.1) is 0 Å². The summed E-state index contributed by atoms with van der Waals surface area (Å²) >= 11 is 0. The molecule has 0 saturated heterocycles. The molecule has 0 spiro atoms. The van der Waals surface area contributed by atoms with Gasteiger partial charge in [-0.2, -0.15) is 0 Å². The molecular formula is C12H15FO2. The van der Waals surface area contributed by atoms with Gasteiger partial charge in [-0.25, -0.2) is 4.39 Å². The van der Waals surface area contributed by atoms with Crippen LogP contribution in [0.3, 0.4) is 0 Å². The predicted octanol–water partition coefficient (Wildman–Crippen LogP) is 2.86. The Bertz CT molecular complexity index is 314. The van der Waals surface area contributed by atoms with Crippen molar-refractivity contribution in [3.63, 3.8) is 0 Å². The van der Waals surface area contributed by atoms with E-state index in [0.29, 0.717) is 17.7 Å². The molecule has 0 aliphatic heterocycles. The normalized spacial score (nSPS) is 12.2. The zero-order valence-corrected chi connectivity index (χ0v) is 9.00. The number of rotatable bonds is 5. The summed E-state index contributed by atoms with van der Waals surface area (Å²) in [6.07, 6.45) is 1.23. The van der Waals surface area contributed by atoms with Crippen LogP contribution in [-0.4, -0.2) is 13.4 Å². The van der Waals surface area contributed by atoms with Crippen molar-refractivity contribution in [3.05, 3.63) is 29.3 Å². The largest absolute Gasteiger partial charge is 0.496 e. The summed E-state index contributed by atoms with van der Waals surface area (Å²) in [5.41, 5.74) is 1.40. The highest BCUT2D eigenvalue weighted by atomic mass is 19.1. The molecule has 0 heterocycles. The molecule has 0 fully saturated rings. The van der Waals surface area contributed by atoms with Gasteiger partial charge < -0.3 is 9.53 Å². The summed E-state index contributed by atoms with van der Waals surface area (Å²) in [6.45, 7) is 1.36. The number of aldehydes is 1. The number of benzene rings is 1. The average Bonchev–Trinajstić information content (AvgIpc) is 2.28. The van der Waals surface area contributed by atoms with Gasteiger partial charge in [-0.3, -0.25) is 0 Å². The summed E-state index contributed by atoms with van der Waals surface area (Å²) in [7, 11) is 1.55. The van der Waals surface area contributed by atoms with Gasteiger partial charge >= 0.3 is 0 Å². The van der Waals surface area contributed by atoms with Gasteiger partial charge in [0.25, 0.3) is 0 Å². The van der Waals surface area contributed by atoms with Gasteiger partial charge in [0, 0.05) is 12.0 Å². The van der Waals surface area contributed by atoms with Gasteiger partial charge in [-0.1, -0.05) is 19.1 Å². The molecule has 1 aromatic rings. The van der Waals surface area contributed by atoms with Crippen LogP contribution >= 0.6 is 0 Å².